The molecule has 1 nitrogen and oxygen atoms in total. The molecule has 56 heavy (non-hydrogen) atoms. The summed E-state index contributed by atoms with van der Waals surface area (Å²) < 4.78 is 2.61. The van der Waals surface area contributed by atoms with Crippen LogP contribution < -0.4 is 4.90 Å². The number of fused-ring (bicyclic) bond motifs is 7. The summed E-state index contributed by atoms with van der Waals surface area (Å²) in [7, 11) is 0. The third kappa shape index (κ3) is 5.54. The fourth-order valence-electron chi connectivity index (χ4n) is 8.49. The largest absolute Gasteiger partial charge is 0.310 e. The number of hydrogen-bond acceptors (Lipinski definition) is 2. The first-order valence-corrected chi connectivity index (χ1v) is 20.0. The van der Waals surface area contributed by atoms with Gasteiger partial charge < -0.3 is 4.90 Å². The predicted molar refractivity (Wildman–Crippen MR) is 243 cm³/mol. The fraction of sp³-hybridized carbons (Fsp3) is 0. The van der Waals surface area contributed by atoms with Crippen molar-refractivity contribution in [2.75, 3.05) is 4.90 Å². The van der Waals surface area contributed by atoms with Crippen molar-refractivity contribution in [1.29, 1.82) is 0 Å². The van der Waals surface area contributed by atoms with Crippen LogP contribution in [0.15, 0.2) is 212 Å². The lowest BCUT2D eigenvalue weighted by molar-refractivity contribution is 1.29. The van der Waals surface area contributed by atoms with Gasteiger partial charge in [0.15, 0.2) is 0 Å². The van der Waals surface area contributed by atoms with Crippen LogP contribution in [0.25, 0.3) is 85.9 Å². The van der Waals surface area contributed by atoms with Crippen LogP contribution in [0, 0.1) is 0 Å². The standard InChI is InChI=1S/C54H35NS/c1-2-12-36(13-3-1)37-22-24-38(25-23-37)46-18-10-11-21-52(46)55(44-30-31-53-51(35-44)50-32-40-14-4-5-15-41(40)34-54(50)56-53)43-28-26-39(27-29-43)49-33-42-16-6-7-17-45(42)47-19-8-9-20-48(47)49/h1-35H. The molecule has 262 valence electrons. The van der Waals surface area contributed by atoms with Gasteiger partial charge in [-0.2, -0.15) is 0 Å². The molecule has 0 amide bonds. The molecule has 1 heterocycles. The van der Waals surface area contributed by atoms with Crippen LogP contribution in [0.3, 0.4) is 0 Å². The highest BCUT2D eigenvalue weighted by Crippen LogP contribution is 2.45. The lowest BCUT2D eigenvalue weighted by Crippen LogP contribution is -2.11. The van der Waals surface area contributed by atoms with Gasteiger partial charge in [-0.3, -0.25) is 0 Å². The zero-order chi connectivity index (χ0) is 37.0. The van der Waals surface area contributed by atoms with Gasteiger partial charge in [0.05, 0.1) is 5.69 Å². The van der Waals surface area contributed by atoms with E-state index in [1.165, 1.54) is 85.9 Å². The third-order valence-electron chi connectivity index (χ3n) is 11.2. The van der Waals surface area contributed by atoms with E-state index in [0.29, 0.717) is 0 Å². The highest BCUT2D eigenvalue weighted by atomic mass is 32.1. The Bertz CT molecular complexity index is 3230. The molecule has 11 rings (SSSR count). The van der Waals surface area contributed by atoms with Crippen LogP contribution in [0.2, 0.25) is 0 Å². The van der Waals surface area contributed by atoms with E-state index in [4.69, 9.17) is 0 Å². The third-order valence-corrected chi connectivity index (χ3v) is 12.4. The first-order chi connectivity index (χ1) is 27.7. The van der Waals surface area contributed by atoms with Crippen LogP contribution >= 0.6 is 11.3 Å². The molecule has 0 saturated carbocycles. The zero-order valence-electron chi connectivity index (χ0n) is 30.6. The number of benzene rings is 10. The van der Waals surface area contributed by atoms with Crippen molar-refractivity contribution in [1.82, 2.24) is 0 Å². The quantitative estimate of drug-likeness (QED) is 0.154. The smallest absolute Gasteiger partial charge is 0.0540 e. The summed E-state index contributed by atoms with van der Waals surface area (Å²) in [6.07, 6.45) is 0. The van der Waals surface area contributed by atoms with E-state index in [1.807, 2.05) is 11.3 Å². The minimum atomic E-state index is 1.11. The number of para-hydroxylation sites is 1. The average Bonchev–Trinajstić information content (AvgIpc) is 3.63. The second-order valence-electron chi connectivity index (χ2n) is 14.5. The van der Waals surface area contributed by atoms with Crippen molar-refractivity contribution in [2.24, 2.45) is 0 Å². The molecule has 1 aromatic heterocycles. The lowest BCUT2D eigenvalue weighted by atomic mass is 9.93. The van der Waals surface area contributed by atoms with E-state index in [0.717, 1.165) is 17.1 Å². The van der Waals surface area contributed by atoms with Gasteiger partial charge in [0.25, 0.3) is 0 Å². The van der Waals surface area contributed by atoms with Gasteiger partial charge >= 0.3 is 0 Å². The van der Waals surface area contributed by atoms with Crippen LogP contribution in [0.4, 0.5) is 17.1 Å². The maximum atomic E-state index is 2.44. The van der Waals surface area contributed by atoms with Crippen molar-refractivity contribution >= 4 is 80.9 Å². The van der Waals surface area contributed by atoms with Crippen LogP contribution in [-0.4, -0.2) is 0 Å². The first-order valence-electron chi connectivity index (χ1n) is 19.2. The molecule has 10 aromatic carbocycles. The molecule has 0 bridgehead atoms. The molecule has 0 unspecified atom stereocenters. The van der Waals surface area contributed by atoms with E-state index in [-0.39, 0.29) is 0 Å². The molecule has 0 saturated heterocycles. The molecule has 0 N–H and O–H groups in total. The topological polar surface area (TPSA) is 3.24 Å². The second kappa shape index (κ2) is 13.4. The molecule has 0 aliphatic heterocycles. The normalized spacial score (nSPS) is 11.6. The Morgan fingerprint density at radius 1 is 0.286 bits per heavy atom. The monoisotopic (exact) mass is 729 g/mol. The molecular formula is C54H35NS. The molecule has 0 fully saturated rings. The summed E-state index contributed by atoms with van der Waals surface area (Å²) in [6.45, 7) is 0. The Labute approximate surface area is 330 Å². The van der Waals surface area contributed by atoms with Gasteiger partial charge in [0, 0.05) is 37.1 Å². The zero-order valence-corrected chi connectivity index (χ0v) is 31.4. The van der Waals surface area contributed by atoms with Gasteiger partial charge in [0.2, 0.25) is 0 Å². The first kappa shape index (κ1) is 32.4. The van der Waals surface area contributed by atoms with Crippen LogP contribution in [0.1, 0.15) is 0 Å². The average molecular weight is 730 g/mol. The molecule has 0 radical (unpaired) electrons. The van der Waals surface area contributed by atoms with Crippen molar-refractivity contribution in [3.05, 3.63) is 212 Å². The Morgan fingerprint density at radius 2 is 0.839 bits per heavy atom. The minimum absolute atomic E-state index is 1.11. The number of thiophene rings is 1. The number of anilines is 3. The molecule has 0 aliphatic carbocycles. The van der Waals surface area contributed by atoms with Gasteiger partial charge in [-0.05, 0) is 115 Å². The second-order valence-corrected chi connectivity index (χ2v) is 15.6. The molecule has 11 aromatic rings. The Morgan fingerprint density at radius 3 is 1.64 bits per heavy atom. The summed E-state index contributed by atoms with van der Waals surface area (Å²) in [6, 6.07) is 77.8. The van der Waals surface area contributed by atoms with E-state index in [1.54, 1.807) is 0 Å². The maximum Gasteiger partial charge on any atom is 0.0540 e. The Kier molecular flexibility index (Phi) is 7.75. The van der Waals surface area contributed by atoms with Gasteiger partial charge in [-0.15, -0.1) is 11.3 Å². The van der Waals surface area contributed by atoms with Gasteiger partial charge in [0.1, 0.15) is 0 Å². The van der Waals surface area contributed by atoms with Crippen molar-refractivity contribution in [3.63, 3.8) is 0 Å². The van der Waals surface area contributed by atoms with Crippen molar-refractivity contribution < 1.29 is 0 Å². The molecular weight excluding hydrogens is 695 g/mol. The van der Waals surface area contributed by atoms with Gasteiger partial charge in [-0.1, -0.05) is 158 Å². The molecule has 0 spiro atoms. The summed E-state index contributed by atoms with van der Waals surface area (Å²) in [4.78, 5) is 2.44. The molecule has 2 heteroatoms. The van der Waals surface area contributed by atoms with Crippen LogP contribution in [0.5, 0.6) is 0 Å². The van der Waals surface area contributed by atoms with E-state index in [2.05, 4.69) is 217 Å². The predicted octanol–water partition coefficient (Wildman–Crippen LogP) is 16.0. The molecule has 0 atom stereocenters. The van der Waals surface area contributed by atoms with E-state index >= 15 is 0 Å². The SMILES string of the molecule is c1ccc(-c2ccc(-c3ccccc3N(c3ccc(-c4cc5ccccc5c5ccccc45)cc3)c3ccc4sc5cc6ccccc6cc5c4c3)cc2)cc1. The van der Waals surface area contributed by atoms with Crippen LogP contribution in [-0.2, 0) is 0 Å². The molecule has 0 aliphatic rings. The summed E-state index contributed by atoms with van der Waals surface area (Å²) in [5.74, 6) is 0. The highest BCUT2D eigenvalue weighted by Gasteiger charge is 2.19. The number of nitrogens with zero attached hydrogens (tertiary/aromatic N) is 1. The Hall–Kier alpha value is -7.00. The lowest BCUT2D eigenvalue weighted by Gasteiger charge is -2.28. The van der Waals surface area contributed by atoms with E-state index < -0.39 is 0 Å². The summed E-state index contributed by atoms with van der Waals surface area (Å²) in [5, 5.41) is 10.2. The highest BCUT2D eigenvalue weighted by molar-refractivity contribution is 7.25. The Balaban J connectivity index is 1.08. The van der Waals surface area contributed by atoms with Gasteiger partial charge in [-0.25, -0.2) is 0 Å². The minimum Gasteiger partial charge on any atom is -0.310 e. The summed E-state index contributed by atoms with van der Waals surface area (Å²) >= 11 is 1.87. The van der Waals surface area contributed by atoms with E-state index in [9.17, 15) is 0 Å². The summed E-state index contributed by atoms with van der Waals surface area (Å²) in [5.41, 5.74) is 10.6. The van der Waals surface area contributed by atoms with Crippen molar-refractivity contribution in [3.8, 4) is 33.4 Å². The van der Waals surface area contributed by atoms with Crippen molar-refractivity contribution in [2.45, 2.75) is 0 Å². The number of rotatable bonds is 6. The number of hydrogen-bond donors (Lipinski definition) is 0. The maximum absolute atomic E-state index is 2.44. The fourth-order valence-corrected chi connectivity index (χ4v) is 9.60.